The average Bonchev–Trinajstić information content (AvgIpc) is 2.13. The molecule has 1 N–H and O–H groups in total. The van der Waals surface area contributed by atoms with E-state index in [2.05, 4.69) is 11.8 Å². The number of carboxylic acids is 1. The molecule has 0 saturated heterocycles. The summed E-state index contributed by atoms with van der Waals surface area (Å²) in [4.78, 5) is 10.8. The monoisotopic (exact) mass is 218 g/mol. The molecule has 0 amide bonds. The van der Waals surface area contributed by atoms with E-state index in [1.807, 2.05) is 0 Å². The molecular weight excluding hydrogens is 203 g/mol. The van der Waals surface area contributed by atoms with Crippen molar-refractivity contribution in [1.82, 2.24) is 0 Å². The van der Waals surface area contributed by atoms with Crippen molar-refractivity contribution in [3.8, 4) is 11.8 Å². The van der Waals surface area contributed by atoms with Gasteiger partial charge in [-0.1, -0.05) is 5.92 Å². The predicted octanol–water partition coefficient (Wildman–Crippen LogP) is 1.85. The predicted molar refractivity (Wildman–Crippen MR) is 55.0 cm³/mol. The Balaban J connectivity index is 4.51. The average molecular weight is 218 g/mol. The molecule has 0 aromatic carbocycles. The first-order chi connectivity index (χ1) is 6.67. The van der Waals surface area contributed by atoms with Crippen LogP contribution >= 0.6 is 8.38 Å². The van der Waals surface area contributed by atoms with Gasteiger partial charge >= 0.3 is 5.97 Å². The van der Waals surface area contributed by atoms with Crippen LogP contribution in [0, 0.1) is 11.8 Å². The molecule has 5 heteroatoms. The Morgan fingerprint density at radius 1 is 1.43 bits per heavy atom. The third-order valence-electron chi connectivity index (χ3n) is 1.24. The molecule has 1 unspecified atom stereocenters. The number of carbonyl (C=O) groups is 1. The summed E-state index contributed by atoms with van der Waals surface area (Å²) in [5.41, 5.74) is -0.852. The molecule has 0 aliphatic heterocycles. The van der Waals surface area contributed by atoms with Gasteiger partial charge in [-0.25, -0.2) is 0 Å². The van der Waals surface area contributed by atoms with Gasteiger partial charge in [-0.3, -0.25) is 4.79 Å². The van der Waals surface area contributed by atoms with E-state index in [1.54, 1.807) is 20.8 Å². The molecule has 1 atom stereocenters. The van der Waals surface area contributed by atoms with E-state index >= 15 is 0 Å². The van der Waals surface area contributed by atoms with Crippen molar-refractivity contribution in [2.45, 2.75) is 26.4 Å². The summed E-state index contributed by atoms with van der Waals surface area (Å²) in [6, 6.07) is 0. The van der Waals surface area contributed by atoms with E-state index in [0.717, 1.165) is 0 Å². The Labute approximate surface area is 85.5 Å². The van der Waals surface area contributed by atoms with Gasteiger partial charge < -0.3 is 14.2 Å². The van der Waals surface area contributed by atoms with Crippen molar-refractivity contribution >= 4 is 14.3 Å². The molecule has 0 bridgehead atoms. The lowest BCUT2D eigenvalue weighted by Gasteiger charge is -2.18. The van der Waals surface area contributed by atoms with Gasteiger partial charge in [-0.15, -0.1) is 5.92 Å². The fourth-order valence-electron chi connectivity index (χ4n) is 0.782. The third kappa shape index (κ3) is 4.57. The van der Waals surface area contributed by atoms with Crippen molar-refractivity contribution in [3.05, 3.63) is 0 Å². The van der Waals surface area contributed by atoms with Crippen LogP contribution in [0.3, 0.4) is 0 Å². The van der Waals surface area contributed by atoms with Crippen LogP contribution in [-0.4, -0.2) is 29.9 Å². The first-order valence-electron chi connectivity index (χ1n) is 4.37. The van der Waals surface area contributed by atoms with Gasteiger partial charge in [-0.05, 0) is 20.8 Å². The number of hydrogen-bond acceptors (Lipinski definition) is 3. The summed E-state index contributed by atoms with van der Waals surface area (Å²) in [7, 11) is -1.44. The minimum Gasteiger partial charge on any atom is -0.480 e. The smallest absolute Gasteiger partial charge is 0.327 e. The van der Waals surface area contributed by atoms with Gasteiger partial charge in [0.25, 0.3) is 0 Å². The molecule has 0 aliphatic rings. The van der Waals surface area contributed by atoms with Crippen LogP contribution in [0.25, 0.3) is 0 Å². The normalized spacial score (nSPS) is 12.0. The maximum Gasteiger partial charge on any atom is 0.327 e. The molecule has 0 aromatic heterocycles. The van der Waals surface area contributed by atoms with Crippen LogP contribution in [0.15, 0.2) is 0 Å². The van der Waals surface area contributed by atoms with Crippen molar-refractivity contribution in [2.75, 3.05) is 13.2 Å². The molecular formula is C9H15O4P. The first kappa shape index (κ1) is 13.4. The Morgan fingerprint density at radius 2 is 1.93 bits per heavy atom. The molecule has 0 rings (SSSR count). The summed E-state index contributed by atoms with van der Waals surface area (Å²) < 4.78 is 10.4. The zero-order chi connectivity index (χ0) is 11.0. The largest absolute Gasteiger partial charge is 0.480 e. The van der Waals surface area contributed by atoms with Gasteiger partial charge in [0, 0.05) is 0 Å². The zero-order valence-corrected chi connectivity index (χ0v) is 9.51. The minimum atomic E-state index is -1.44. The highest BCUT2D eigenvalue weighted by Crippen LogP contribution is 2.43. The summed E-state index contributed by atoms with van der Waals surface area (Å²) >= 11 is 0. The number of hydrogen-bond donors (Lipinski definition) is 1. The van der Waals surface area contributed by atoms with Crippen LogP contribution in [0.5, 0.6) is 0 Å². The molecule has 4 nitrogen and oxygen atoms in total. The molecule has 0 heterocycles. The second-order valence-corrected chi connectivity index (χ2v) is 3.86. The summed E-state index contributed by atoms with van der Waals surface area (Å²) in [6.45, 7) is 6.06. The summed E-state index contributed by atoms with van der Waals surface area (Å²) in [5, 5.41) is 8.88. The van der Waals surface area contributed by atoms with Gasteiger partial charge in [0.2, 0.25) is 0 Å². The van der Waals surface area contributed by atoms with Crippen molar-refractivity contribution in [3.63, 3.8) is 0 Å². The van der Waals surface area contributed by atoms with E-state index in [-0.39, 0.29) is 0 Å². The maximum atomic E-state index is 10.8. The standard InChI is InChI=1S/C9H15O4P/c1-4-7-8(9(10)11)14(12-5-2)13-6-3/h8H,5-6H2,1-3H3,(H,10,11). The summed E-state index contributed by atoms with van der Waals surface area (Å²) in [6.07, 6.45) is 0. The Morgan fingerprint density at radius 3 is 2.21 bits per heavy atom. The van der Waals surface area contributed by atoms with Crippen molar-refractivity contribution < 1.29 is 18.9 Å². The van der Waals surface area contributed by atoms with E-state index < -0.39 is 20.0 Å². The molecule has 0 saturated carbocycles. The Kier molecular flexibility index (Phi) is 7.41. The van der Waals surface area contributed by atoms with Crippen LogP contribution in [0.4, 0.5) is 0 Å². The molecule has 0 spiro atoms. The second kappa shape index (κ2) is 7.75. The zero-order valence-electron chi connectivity index (χ0n) is 8.61. The van der Waals surface area contributed by atoms with Crippen LogP contribution in [0.1, 0.15) is 20.8 Å². The Hall–Kier alpha value is -0.620. The fourth-order valence-corrected chi connectivity index (χ4v) is 2.08. The van der Waals surface area contributed by atoms with Crippen LogP contribution < -0.4 is 0 Å². The van der Waals surface area contributed by atoms with E-state index in [4.69, 9.17) is 14.2 Å². The minimum absolute atomic E-state index is 0.431. The quantitative estimate of drug-likeness (QED) is 0.546. The molecule has 80 valence electrons. The molecule has 0 fully saturated rings. The molecule has 0 aliphatic carbocycles. The number of aliphatic carboxylic acids is 1. The second-order valence-electron chi connectivity index (χ2n) is 2.26. The molecule has 0 aromatic rings. The van der Waals surface area contributed by atoms with Crippen molar-refractivity contribution in [2.24, 2.45) is 0 Å². The maximum absolute atomic E-state index is 10.8. The highest BCUT2D eigenvalue weighted by atomic mass is 31.2. The van der Waals surface area contributed by atoms with E-state index in [9.17, 15) is 4.79 Å². The van der Waals surface area contributed by atoms with Crippen LogP contribution in [-0.2, 0) is 13.8 Å². The fraction of sp³-hybridized carbons (Fsp3) is 0.667. The lowest BCUT2D eigenvalue weighted by Crippen LogP contribution is -2.18. The van der Waals surface area contributed by atoms with Gasteiger partial charge in [0.1, 0.15) is 0 Å². The van der Waals surface area contributed by atoms with E-state index in [0.29, 0.717) is 13.2 Å². The highest BCUT2D eigenvalue weighted by molar-refractivity contribution is 7.49. The van der Waals surface area contributed by atoms with Gasteiger partial charge in [0.05, 0.1) is 13.2 Å². The van der Waals surface area contributed by atoms with E-state index in [1.165, 1.54) is 0 Å². The third-order valence-corrected chi connectivity index (χ3v) is 3.04. The van der Waals surface area contributed by atoms with Crippen molar-refractivity contribution in [1.29, 1.82) is 0 Å². The van der Waals surface area contributed by atoms with Crippen LogP contribution in [0.2, 0.25) is 0 Å². The topological polar surface area (TPSA) is 55.8 Å². The summed E-state index contributed by atoms with van der Waals surface area (Å²) in [5.74, 6) is 4.16. The highest BCUT2D eigenvalue weighted by Gasteiger charge is 2.28. The lowest BCUT2D eigenvalue weighted by molar-refractivity contribution is -0.135. The SMILES string of the molecule is CC#CC(C(=O)O)P(OCC)OCC. The van der Waals surface area contributed by atoms with Gasteiger partial charge in [-0.2, -0.15) is 0 Å². The number of carboxylic acid groups (broad SMARTS) is 1. The molecule has 14 heavy (non-hydrogen) atoms. The number of rotatable bonds is 6. The Bertz CT molecular complexity index is 225. The first-order valence-corrected chi connectivity index (χ1v) is 5.62. The van der Waals surface area contributed by atoms with Gasteiger partial charge in [0.15, 0.2) is 14.0 Å². The molecule has 0 radical (unpaired) electrons. The lowest BCUT2D eigenvalue weighted by atomic mass is 10.4.